The molecule has 0 bridgehead atoms. The third-order valence-corrected chi connectivity index (χ3v) is 3.48. The number of benzene rings is 2. The summed E-state index contributed by atoms with van der Waals surface area (Å²) in [4.78, 5) is 0. The van der Waals surface area contributed by atoms with Gasteiger partial charge in [-0.15, -0.1) is 0 Å². The fourth-order valence-corrected chi connectivity index (χ4v) is 2.64. The normalized spacial score (nSPS) is 11.1. The predicted molar refractivity (Wildman–Crippen MR) is 80.2 cm³/mol. The van der Waals surface area contributed by atoms with Crippen molar-refractivity contribution in [2.75, 3.05) is 7.05 Å². The smallest absolute Gasteiger partial charge is 0.123 e. The van der Waals surface area contributed by atoms with E-state index in [4.69, 9.17) is 0 Å². The fourth-order valence-electron chi connectivity index (χ4n) is 2.64. The van der Waals surface area contributed by atoms with E-state index in [1.165, 1.54) is 22.5 Å². The molecule has 2 aromatic carbocycles. The summed E-state index contributed by atoms with van der Waals surface area (Å²) in [5.74, 6) is -0.186. The van der Waals surface area contributed by atoms with E-state index in [0.717, 1.165) is 12.1 Å². The van der Waals surface area contributed by atoms with Gasteiger partial charge in [-0.25, -0.2) is 4.39 Å². The predicted octanol–water partition coefficient (Wildman–Crippen LogP) is 3.55. The van der Waals surface area contributed by atoms with Gasteiger partial charge in [0.1, 0.15) is 5.82 Å². The first-order valence-corrected chi connectivity index (χ1v) is 6.74. The summed E-state index contributed by atoms with van der Waals surface area (Å²) < 4.78 is 15.5. The van der Waals surface area contributed by atoms with Crippen molar-refractivity contribution in [2.24, 2.45) is 0 Å². The SMILES string of the molecule is CNCc1cccc2ccn(Cc3cccc(F)c3)c12. The van der Waals surface area contributed by atoms with Crippen molar-refractivity contribution in [3.63, 3.8) is 0 Å². The highest BCUT2D eigenvalue weighted by molar-refractivity contribution is 5.83. The quantitative estimate of drug-likeness (QED) is 0.765. The maximum atomic E-state index is 13.3. The molecule has 0 saturated carbocycles. The highest BCUT2D eigenvalue weighted by Gasteiger charge is 2.06. The van der Waals surface area contributed by atoms with Gasteiger partial charge in [0.15, 0.2) is 0 Å². The van der Waals surface area contributed by atoms with Gasteiger partial charge in [-0.2, -0.15) is 0 Å². The number of halogens is 1. The van der Waals surface area contributed by atoms with Crippen LogP contribution >= 0.6 is 0 Å². The van der Waals surface area contributed by atoms with Crippen molar-refractivity contribution < 1.29 is 4.39 Å². The molecule has 1 aromatic heterocycles. The largest absolute Gasteiger partial charge is 0.343 e. The Bertz CT molecular complexity index is 731. The van der Waals surface area contributed by atoms with Crippen LogP contribution in [0.5, 0.6) is 0 Å². The lowest BCUT2D eigenvalue weighted by atomic mass is 10.1. The van der Waals surface area contributed by atoms with Crippen LogP contribution in [0.25, 0.3) is 10.9 Å². The van der Waals surface area contributed by atoms with Crippen LogP contribution in [0.4, 0.5) is 4.39 Å². The second-order valence-electron chi connectivity index (χ2n) is 4.96. The molecule has 0 aliphatic carbocycles. The van der Waals surface area contributed by atoms with Crippen LogP contribution in [0.3, 0.4) is 0 Å². The number of aromatic nitrogens is 1. The standard InChI is InChI=1S/C17H17FN2/c1-19-11-15-6-3-5-14-8-9-20(17(14)15)12-13-4-2-7-16(18)10-13/h2-10,19H,11-12H2,1H3. The van der Waals surface area contributed by atoms with Gasteiger partial charge in [-0.3, -0.25) is 0 Å². The van der Waals surface area contributed by atoms with Crippen LogP contribution in [-0.2, 0) is 13.1 Å². The summed E-state index contributed by atoms with van der Waals surface area (Å²) in [5.41, 5.74) is 3.44. The van der Waals surface area contributed by atoms with Gasteiger partial charge in [0.25, 0.3) is 0 Å². The highest BCUT2D eigenvalue weighted by atomic mass is 19.1. The Morgan fingerprint density at radius 1 is 1.10 bits per heavy atom. The number of hydrogen-bond donors (Lipinski definition) is 1. The molecule has 0 unspecified atom stereocenters. The van der Waals surface area contributed by atoms with Gasteiger partial charge in [0.05, 0.1) is 5.52 Å². The Morgan fingerprint density at radius 2 is 1.95 bits per heavy atom. The maximum absolute atomic E-state index is 13.3. The van der Waals surface area contributed by atoms with E-state index < -0.39 is 0 Å². The van der Waals surface area contributed by atoms with Crippen LogP contribution in [0.2, 0.25) is 0 Å². The number of fused-ring (bicyclic) bond motifs is 1. The molecule has 3 aromatic rings. The van der Waals surface area contributed by atoms with E-state index in [1.54, 1.807) is 12.1 Å². The van der Waals surface area contributed by atoms with Crippen LogP contribution in [0.15, 0.2) is 54.7 Å². The summed E-state index contributed by atoms with van der Waals surface area (Å²) in [7, 11) is 1.94. The molecule has 102 valence electrons. The van der Waals surface area contributed by atoms with E-state index in [9.17, 15) is 4.39 Å². The van der Waals surface area contributed by atoms with Crippen molar-refractivity contribution in [3.05, 3.63) is 71.7 Å². The van der Waals surface area contributed by atoms with Gasteiger partial charge in [0, 0.05) is 19.3 Å². The van der Waals surface area contributed by atoms with E-state index in [0.29, 0.717) is 6.54 Å². The zero-order valence-corrected chi connectivity index (χ0v) is 11.4. The zero-order chi connectivity index (χ0) is 13.9. The Kier molecular flexibility index (Phi) is 3.52. The number of hydrogen-bond acceptors (Lipinski definition) is 1. The Hall–Kier alpha value is -2.13. The highest BCUT2D eigenvalue weighted by Crippen LogP contribution is 2.21. The van der Waals surface area contributed by atoms with Crippen LogP contribution < -0.4 is 5.32 Å². The molecule has 0 aliphatic heterocycles. The monoisotopic (exact) mass is 268 g/mol. The average molecular weight is 268 g/mol. The van der Waals surface area contributed by atoms with Gasteiger partial charge in [0.2, 0.25) is 0 Å². The van der Waals surface area contributed by atoms with Crippen molar-refractivity contribution in [1.82, 2.24) is 9.88 Å². The number of rotatable bonds is 4. The fraction of sp³-hybridized carbons (Fsp3) is 0.176. The summed E-state index contributed by atoms with van der Waals surface area (Å²) in [5, 5.41) is 4.41. The van der Waals surface area contributed by atoms with Crippen molar-refractivity contribution in [2.45, 2.75) is 13.1 Å². The van der Waals surface area contributed by atoms with Gasteiger partial charge >= 0.3 is 0 Å². The average Bonchev–Trinajstić information content (AvgIpc) is 2.84. The first-order valence-electron chi connectivity index (χ1n) is 6.74. The summed E-state index contributed by atoms with van der Waals surface area (Å²) in [6.07, 6.45) is 2.06. The number of nitrogens with one attached hydrogen (secondary N) is 1. The molecule has 0 radical (unpaired) electrons. The molecule has 3 heteroatoms. The lowest BCUT2D eigenvalue weighted by molar-refractivity contribution is 0.624. The molecule has 0 atom stereocenters. The lowest BCUT2D eigenvalue weighted by Crippen LogP contribution is -2.08. The van der Waals surface area contributed by atoms with E-state index >= 15 is 0 Å². The van der Waals surface area contributed by atoms with Crippen molar-refractivity contribution >= 4 is 10.9 Å². The molecule has 0 fully saturated rings. The topological polar surface area (TPSA) is 17.0 Å². The van der Waals surface area contributed by atoms with Crippen LogP contribution in [0.1, 0.15) is 11.1 Å². The molecule has 0 amide bonds. The molecule has 0 aliphatic rings. The van der Waals surface area contributed by atoms with Crippen molar-refractivity contribution in [1.29, 1.82) is 0 Å². The molecule has 2 nitrogen and oxygen atoms in total. The third kappa shape index (κ3) is 2.45. The summed E-state index contributed by atoms with van der Waals surface area (Å²) in [6, 6.07) is 15.2. The van der Waals surface area contributed by atoms with Gasteiger partial charge in [-0.05, 0) is 41.8 Å². The minimum atomic E-state index is -0.186. The first-order chi connectivity index (χ1) is 9.78. The van der Waals surface area contributed by atoms with E-state index in [2.05, 4.69) is 40.3 Å². The molecule has 20 heavy (non-hydrogen) atoms. The number of nitrogens with zero attached hydrogens (tertiary/aromatic N) is 1. The van der Waals surface area contributed by atoms with Gasteiger partial charge in [-0.1, -0.05) is 30.3 Å². The van der Waals surface area contributed by atoms with E-state index in [-0.39, 0.29) is 5.82 Å². The summed E-state index contributed by atoms with van der Waals surface area (Å²) >= 11 is 0. The minimum Gasteiger partial charge on any atom is -0.343 e. The lowest BCUT2D eigenvalue weighted by Gasteiger charge is -2.10. The third-order valence-electron chi connectivity index (χ3n) is 3.48. The Labute approximate surface area is 117 Å². The second kappa shape index (κ2) is 5.47. The molecule has 3 rings (SSSR count). The zero-order valence-electron chi connectivity index (χ0n) is 11.4. The maximum Gasteiger partial charge on any atom is 0.123 e. The number of para-hydroxylation sites is 1. The van der Waals surface area contributed by atoms with Gasteiger partial charge < -0.3 is 9.88 Å². The first kappa shape index (κ1) is 12.9. The molecular formula is C17H17FN2. The molecule has 0 saturated heterocycles. The molecule has 1 N–H and O–H groups in total. The van der Waals surface area contributed by atoms with Crippen LogP contribution in [-0.4, -0.2) is 11.6 Å². The Balaban J connectivity index is 2.03. The molecule has 1 heterocycles. The Morgan fingerprint density at radius 3 is 2.75 bits per heavy atom. The van der Waals surface area contributed by atoms with E-state index in [1.807, 2.05) is 13.1 Å². The molecular weight excluding hydrogens is 251 g/mol. The second-order valence-corrected chi connectivity index (χ2v) is 4.96. The molecule has 0 spiro atoms. The minimum absolute atomic E-state index is 0.186. The van der Waals surface area contributed by atoms with Crippen molar-refractivity contribution in [3.8, 4) is 0 Å². The summed E-state index contributed by atoms with van der Waals surface area (Å²) in [6.45, 7) is 1.51. The van der Waals surface area contributed by atoms with Crippen LogP contribution in [0, 0.1) is 5.82 Å².